The summed E-state index contributed by atoms with van der Waals surface area (Å²) in [6.45, 7) is 2.62. The molecular weight excluding hydrogens is 396 g/mol. The summed E-state index contributed by atoms with van der Waals surface area (Å²) in [5.74, 6) is -0.400. The number of benzene rings is 3. The predicted molar refractivity (Wildman–Crippen MR) is 125 cm³/mol. The maximum atomic E-state index is 13.7. The Labute approximate surface area is 189 Å². The number of fused-ring (bicyclic) bond motifs is 1. The average molecular weight is 425 g/mol. The molecule has 1 aliphatic heterocycles. The molecule has 2 amide bonds. The Bertz CT molecular complexity index is 1140. The molecule has 4 nitrogen and oxygen atoms in total. The third-order valence-electron chi connectivity index (χ3n) is 6.54. The molecule has 1 N–H and O–H groups in total. The molecule has 0 saturated heterocycles. The Morgan fingerprint density at radius 1 is 0.969 bits per heavy atom. The molecule has 0 bridgehead atoms. The number of hydrogen-bond acceptors (Lipinski definition) is 2. The van der Waals surface area contributed by atoms with E-state index in [1.165, 1.54) is 5.56 Å². The van der Waals surface area contributed by atoms with Gasteiger partial charge < -0.3 is 10.2 Å². The smallest absolute Gasteiger partial charge is 0.254 e. The number of rotatable bonds is 6. The summed E-state index contributed by atoms with van der Waals surface area (Å²) >= 11 is 0. The molecule has 162 valence electrons. The van der Waals surface area contributed by atoms with Crippen molar-refractivity contribution >= 4 is 11.8 Å². The number of carbonyl (C=O) groups is 2. The van der Waals surface area contributed by atoms with E-state index in [1.54, 1.807) is 0 Å². The normalized spacial score (nSPS) is 20.0. The summed E-state index contributed by atoms with van der Waals surface area (Å²) < 4.78 is 0. The molecule has 0 unspecified atom stereocenters. The molecule has 4 heteroatoms. The van der Waals surface area contributed by atoms with E-state index < -0.39 is 5.92 Å². The van der Waals surface area contributed by atoms with Crippen molar-refractivity contribution in [1.82, 2.24) is 10.2 Å². The Hall–Kier alpha value is -3.40. The minimum atomic E-state index is -0.429. The van der Waals surface area contributed by atoms with Crippen molar-refractivity contribution in [2.75, 3.05) is 6.54 Å². The minimum absolute atomic E-state index is 0.0157. The van der Waals surface area contributed by atoms with Gasteiger partial charge >= 0.3 is 0 Å². The zero-order chi connectivity index (χ0) is 22.1. The maximum Gasteiger partial charge on any atom is 0.254 e. The Balaban J connectivity index is 1.51. The van der Waals surface area contributed by atoms with Crippen molar-refractivity contribution < 1.29 is 9.59 Å². The molecular formula is C28H28N2O2. The lowest BCUT2D eigenvalue weighted by Crippen LogP contribution is -2.48. The number of aryl methyl sites for hydroxylation is 1. The quantitative estimate of drug-likeness (QED) is 0.618. The summed E-state index contributed by atoms with van der Waals surface area (Å²) in [5.41, 5.74) is 4.85. The lowest BCUT2D eigenvalue weighted by atomic mass is 9.78. The highest BCUT2D eigenvalue weighted by molar-refractivity contribution is 6.01. The van der Waals surface area contributed by atoms with Crippen molar-refractivity contribution in [3.05, 3.63) is 107 Å². The minimum Gasteiger partial charge on any atom is -0.355 e. The molecule has 1 saturated carbocycles. The SMILES string of the molecule is Cc1cccc([C@@H]2[C@H](C(=O)NCCc3ccccc3)c3ccccc3C(=O)N2C2CC2)c1. The largest absolute Gasteiger partial charge is 0.355 e. The molecule has 1 fully saturated rings. The standard InChI is InChI=1S/C28H28N2O2/c1-19-8-7-11-21(18-19)26-25(27(31)29-17-16-20-9-3-2-4-10-20)23-12-5-6-13-24(23)28(32)30(26)22-14-15-22/h2-13,18,22,25-26H,14-17H2,1H3,(H,29,31)/t25-,26-/m1/s1. The molecule has 1 heterocycles. The van der Waals surface area contributed by atoms with Crippen LogP contribution in [0.1, 0.15) is 57.4 Å². The fraction of sp³-hybridized carbons (Fsp3) is 0.286. The molecule has 3 aromatic carbocycles. The molecule has 3 aromatic rings. The van der Waals surface area contributed by atoms with Crippen LogP contribution in [0.3, 0.4) is 0 Å². The first-order valence-electron chi connectivity index (χ1n) is 11.4. The molecule has 0 aromatic heterocycles. The number of carbonyl (C=O) groups excluding carboxylic acids is 2. The predicted octanol–water partition coefficient (Wildman–Crippen LogP) is 4.80. The second kappa shape index (κ2) is 8.62. The van der Waals surface area contributed by atoms with Crippen LogP contribution >= 0.6 is 0 Å². The van der Waals surface area contributed by atoms with E-state index in [1.807, 2.05) is 53.4 Å². The maximum absolute atomic E-state index is 13.7. The molecule has 0 spiro atoms. The van der Waals surface area contributed by atoms with Gasteiger partial charge in [-0.2, -0.15) is 0 Å². The fourth-order valence-corrected chi connectivity index (χ4v) is 4.88. The lowest BCUT2D eigenvalue weighted by Gasteiger charge is -2.42. The molecule has 5 rings (SSSR count). The topological polar surface area (TPSA) is 49.4 Å². The number of nitrogens with one attached hydrogen (secondary N) is 1. The van der Waals surface area contributed by atoms with Gasteiger partial charge in [-0.05, 0) is 48.9 Å². The van der Waals surface area contributed by atoms with Crippen LogP contribution in [0, 0.1) is 6.92 Å². The molecule has 0 radical (unpaired) electrons. The summed E-state index contributed by atoms with van der Waals surface area (Å²) in [4.78, 5) is 29.2. The van der Waals surface area contributed by atoms with Crippen LogP contribution in [0.5, 0.6) is 0 Å². The van der Waals surface area contributed by atoms with Gasteiger partial charge in [0.2, 0.25) is 5.91 Å². The van der Waals surface area contributed by atoms with Gasteiger partial charge in [-0.3, -0.25) is 9.59 Å². The van der Waals surface area contributed by atoms with Gasteiger partial charge in [0.25, 0.3) is 5.91 Å². The van der Waals surface area contributed by atoms with Crippen molar-refractivity contribution in [3.8, 4) is 0 Å². The summed E-state index contributed by atoms with van der Waals surface area (Å²) in [6.07, 6.45) is 2.78. The van der Waals surface area contributed by atoms with E-state index >= 15 is 0 Å². The van der Waals surface area contributed by atoms with Crippen molar-refractivity contribution in [2.45, 2.75) is 44.2 Å². The lowest BCUT2D eigenvalue weighted by molar-refractivity contribution is -0.124. The first-order valence-corrected chi connectivity index (χ1v) is 11.4. The van der Waals surface area contributed by atoms with Gasteiger partial charge in [-0.25, -0.2) is 0 Å². The van der Waals surface area contributed by atoms with Crippen molar-refractivity contribution in [2.24, 2.45) is 0 Å². The number of hydrogen-bond donors (Lipinski definition) is 1. The number of nitrogens with zero attached hydrogens (tertiary/aromatic N) is 1. The zero-order valence-electron chi connectivity index (χ0n) is 18.3. The van der Waals surface area contributed by atoms with Gasteiger partial charge in [0, 0.05) is 18.2 Å². The van der Waals surface area contributed by atoms with Gasteiger partial charge in [0.15, 0.2) is 0 Å². The second-order valence-electron chi connectivity index (χ2n) is 8.89. The molecule has 2 atom stereocenters. The first kappa shape index (κ1) is 20.5. The van der Waals surface area contributed by atoms with Crippen LogP contribution in [0.4, 0.5) is 0 Å². The average Bonchev–Trinajstić information content (AvgIpc) is 3.65. The van der Waals surface area contributed by atoms with Crippen LogP contribution in [-0.2, 0) is 11.2 Å². The summed E-state index contributed by atoms with van der Waals surface area (Å²) in [7, 11) is 0. The van der Waals surface area contributed by atoms with Crippen molar-refractivity contribution in [3.63, 3.8) is 0 Å². The monoisotopic (exact) mass is 424 g/mol. The summed E-state index contributed by atoms with van der Waals surface area (Å²) in [6, 6.07) is 26.0. The van der Waals surface area contributed by atoms with Crippen LogP contribution in [-0.4, -0.2) is 29.3 Å². The van der Waals surface area contributed by atoms with Gasteiger partial charge in [-0.1, -0.05) is 78.4 Å². The van der Waals surface area contributed by atoms with Gasteiger partial charge in [0.1, 0.15) is 0 Å². The molecule has 2 aliphatic rings. The zero-order valence-corrected chi connectivity index (χ0v) is 18.3. The Morgan fingerprint density at radius 3 is 2.47 bits per heavy atom. The molecule has 32 heavy (non-hydrogen) atoms. The second-order valence-corrected chi connectivity index (χ2v) is 8.89. The number of amides is 2. The van der Waals surface area contributed by atoms with E-state index in [0.717, 1.165) is 36.0 Å². The first-order chi connectivity index (χ1) is 15.6. The van der Waals surface area contributed by atoms with Gasteiger partial charge in [0.05, 0.1) is 12.0 Å². The fourth-order valence-electron chi connectivity index (χ4n) is 4.88. The highest BCUT2D eigenvalue weighted by Crippen LogP contribution is 2.47. The van der Waals surface area contributed by atoms with Gasteiger partial charge in [-0.15, -0.1) is 0 Å². The third kappa shape index (κ3) is 3.93. The van der Waals surface area contributed by atoms with Crippen LogP contribution in [0.2, 0.25) is 0 Å². The molecule has 1 aliphatic carbocycles. The highest BCUT2D eigenvalue weighted by atomic mass is 16.2. The van der Waals surface area contributed by atoms with Crippen molar-refractivity contribution in [1.29, 1.82) is 0 Å². The highest BCUT2D eigenvalue weighted by Gasteiger charge is 2.48. The van der Waals surface area contributed by atoms with Crippen LogP contribution < -0.4 is 5.32 Å². The van der Waals surface area contributed by atoms with E-state index in [9.17, 15) is 9.59 Å². The van der Waals surface area contributed by atoms with Crippen LogP contribution in [0.25, 0.3) is 0 Å². The van der Waals surface area contributed by atoms with Crippen LogP contribution in [0.15, 0.2) is 78.9 Å². The Morgan fingerprint density at radius 2 is 1.72 bits per heavy atom. The van der Waals surface area contributed by atoms with E-state index in [0.29, 0.717) is 12.1 Å². The van der Waals surface area contributed by atoms with E-state index in [4.69, 9.17) is 0 Å². The van der Waals surface area contributed by atoms with E-state index in [2.05, 4.69) is 42.6 Å². The Kier molecular flexibility index (Phi) is 5.52. The van der Waals surface area contributed by atoms with E-state index in [-0.39, 0.29) is 23.9 Å². The summed E-state index contributed by atoms with van der Waals surface area (Å²) in [5, 5.41) is 3.17. The third-order valence-corrected chi connectivity index (χ3v) is 6.54.